The predicted molar refractivity (Wildman–Crippen MR) is 124 cm³/mol. The van der Waals surface area contributed by atoms with Crippen molar-refractivity contribution in [2.75, 3.05) is 31.5 Å². The molecule has 0 spiro atoms. The first-order chi connectivity index (χ1) is 14.9. The van der Waals surface area contributed by atoms with Gasteiger partial charge in [-0.2, -0.15) is 4.31 Å². The average Bonchev–Trinajstić information content (AvgIpc) is 3.29. The van der Waals surface area contributed by atoms with E-state index in [1.54, 1.807) is 10.5 Å². The van der Waals surface area contributed by atoms with E-state index >= 15 is 0 Å². The summed E-state index contributed by atoms with van der Waals surface area (Å²) < 4.78 is 31.3. The Morgan fingerprint density at radius 2 is 2.23 bits per heavy atom. The van der Waals surface area contributed by atoms with E-state index in [0.29, 0.717) is 18.7 Å². The van der Waals surface area contributed by atoms with E-state index in [2.05, 4.69) is 33.8 Å². The lowest BCUT2D eigenvalue weighted by Crippen LogP contribution is -2.55. The summed E-state index contributed by atoms with van der Waals surface area (Å²) in [7, 11) is 0. The summed E-state index contributed by atoms with van der Waals surface area (Å²) in [6.45, 7) is 7.46. The third kappa shape index (κ3) is 6.30. The molecule has 3 atom stereocenters. The number of anilines is 1. The predicted octanol–water partition coefficient (Wildman–Crippen LogP) is 3.59. The number of hydrogen-bond donors (Lipinski definition) is 2. The molecule has 7 nitrogen and oxygen atoms in total. The molecule has 1 amide bonds. The summed E-state index contributed by atoms with van der Waals surface area (Å²) in [5.74, 6) is -0.855. The van der Waals surface area contributed by atoms with Gasteiger partial charge in [0, 0.05) is 23.8 Å². The highest BCUT2D eigenvalue weighted by Gasteiger charge is 2.39. The van der Waals surface area contributed by atoms with Crippen LogP contribution in [0.1, 0.15) is 37.7 Å². The van der Waals surface area contributed by atoms with Crippen LogP contribution >= 0.6 is 22.9 Å². The zero-order valence-electron chi connectivity index (χ0n) is 17.5. The van der Waals surface area contributed by atoms with E-state index in [-0.39, 0.29) is 17.0 Å². The number of aromatic nitrogens is 1. The molecule has 3 unspecified atom stereocenters. The topological polar surface area (TPSA) is 77.6 Å². The Hall–Kier alpha value is -1.43. The lowest BCUT2D eigenvalue weighted by atomic mass is 10.1. The highest BCUT2D eigenvalue weighted by molar-refractivity contribution is 7.80. The second kappa shape index (κ2) is 11.4. The second-order valence-electron chi connectivity index (χ2n) is 7.18. The van der Waals surface area contributed by atoms with Crippen LogP contribution < -0.4 is 10.0 Å². The monoisotopic (exact) mass is 487 g/mol. The number of carbonyl (C=O) groups excluding carboxylic acids is 1. The standard InChI is InChI=1S/C20H27ClFN5O2S2/c1-3-26(4-2)9-5-10-27-18(13-17(25-31(27)29)20-23-8-11-30-20)19(28)24-14-6-7-16(22)15(21)12-14/h6-8,11-12,17-18,25H,3-5,9-10,13H2,1-2H3,(H,24,28). The Kier molecular flexibility index (Phi) is 8.94. The first-order valence-corrected chi connectivity index (χ1v) is 12.6. The van der Waals surface area contributed by atoms with Crippen molar-refractivity contribution in [1.29, 1.82) is 0 Å². The number of nitrogens with one attached hydrogen (secondary N) is 2. The molecule has 1 fully saturated rings. The normalized spacial score (nSPS) is 22.0. The lowest BCUT2D eigenvalue weighted by Gasteiger charge is -2.37. The molecule has 1 aromatic carbocycles. The van der Waals surface area contributed by atoms with Gasteiger partial charge in [-0.3, -0.25) is 4.79 Å². The van der Waals surface area contributed by atoms with Crippen LogP contribution in [-0.2, 0) is 16.0 Å². The molecule has 0 bridgehead atoms. The molecule has 1 aliphatic rings. The number of carbonyl (C=O) groups is 1. The molecule has 3 rings (SSSR count). The first-order valence-electron chi connectivity index (χ1n) is 10.2. The Morgan fingerprint density at radius 3 is 2.87 bits per heavy atom. The van der Waals surface area contributed by atoms with Gasteiger partial charge < -0.3 is 10.2 Å². The van der Waals surface area contributed by atoms with Crippen molar-refractivity contribution < 1.29 is 13.4 Å². The van der Waals surface area contributed by atoms with Gasteiger partial charge in [-0.1, -0.05) is 25.4 Å². The molecule has 1 aliphatic heterocycles. The summed E-state index contributed by atoms with van der Waals surface area (Å²) in [6.07, 6.45) is 2.89. The third-order valence-electron chi connectivity index (χ3n) is 5.25. The minimum Gasteiger partial charge on any atom is -0.325 e. The number of hydrogen-bond acceptors (Lipinski definition) is 5. The molecule has 31 heavy (non-hydrogen) atoms. The van der Waals surface area contributed by atoms with Crippen molar-refractivity contribution in [1.82, 2.24) is 18.9 Å². The van der Waals surface area contributed by atoms with Crippen LogP contribution in [0.5, 0.6) is 0 Å². The average molecular weight is 488 g/mol. The molecule has 1 aromatic heterocycles. The summed E-state index contributed by atoms with van der Waals surface area (Å²) in [6, 6.07) is 3.12. The molecule has 0 aliphatic carbocycles. The maximum atomic E-state index is 13.5. The number of nitrogens with zero attached hydrogens (tertiary/aromatic N) is 3. The number of thiazole rings is 1. The largest absolute Gasteiger partial charge is 0.325 e. The molecule has 2 aromatic rings. The highest BCUT2D eigenvalue weighted by atomic mass is 35.5. The van der Waals surface area contributed by atoms with Crippen LogP contribution in [0.25, 0.3) is 0 Å². The molecule has 2 N–H and O–H groups in total. The van der Waals surface area contributed by atoms with E-state index in [0.717, 1.165) is 31.1 Å². The quantitative estimate of drug-likeness (QED) is 0.566. The Bertz CT molecular complexity index is 898. The maximum absolute atomic E-state index is 13.5. The van der Waals surface area contributed by atoms with Gasteiger partial charge in [-0.05, 0) is 50.7 Å². The van der Waals surface area contributed by atoms with Gasteiger partial charge in [-0.25, -0.2) is 18.3 Å². The van der Waals surface area contributed by atoms with E-state index in [1.807, 2.05) is 5.38 Å². The Morgan fingerprint density at radius 1 is 1.45 bits per heavy atom. The van der Waals surface area contributed by atoms with E-state index < -0.39 is 23.0 Å². The van der Waals surface area contributed by atoms with E-state index in [1.165, 1.54) is 29.5 Å². The molecular formula is C20H27ClFN5O2S2. The fourth-order valence-corrected chi connectivity index (χ4v) is 5.77. The third-order valence-corrected chi connectivity index (χ3v) is 7.78. The van der Waals surface area contributed by atoms with Crippen LogP contribution in [0.3, 0.4) is 0 Å². The number of benzene rings is 1. The fourth-order valence-electron chi connectivity index (χ4n) is 3.52. The van der Waals surface area contributed by atoms with Crippen molar-refractivity contribution in [3.63, 3.8) is 0 Å². The summed E-state index contributed by atoms with van der Waals surface area (Å²) >= 11 is 5.76. The number of amides is 1. The van der Waals surface area contributed by atoms with Crippen molar-refractivity contribution in [2.24, 2.45) is 0 Å². The van der Waals surface area contributed by atoms with Gasteiger partial charge in [0.1, 0.15) is 16.9 Å². The van der Waals surface area contributed by atoms with Crippen molar-refractivity contribution in [2.45, 2.75) is 38.8 Å². The molecule has 170 valence electrons. The molecular weight excluding hydrogens is 461 g/mol. The first kappa shape index (κ1) is 24.2. The highest BCUT2D eigenvalue weighted by Crippen LogP contribution is 2.29. The molecule has 0 radical (unpaired) electrons. The summed E-state index contributed by atoms with van der Waals surface area (Å²) in [5.41, 5.74) is 0.398. The Balaban J connectivity index is 1.75. The molecule has 1 saturated heterocycles. The van der Waals surface area contributed by atoms with Crippen LogP contribution in [-0.4, -0.2) is 56.5 Å². The van der Waals surface area contributed by atoms with Crippen LogP contribution in [0, 0.1) is 5.82 Å². The summed E-state index contributed by atoms with van der Waals surface area (Å²) in [5, 5.41) is 5.37. The number of rotatable bonds is 9. The van der Waals surface area contributed by atoms with Gasteiger partial charge in [0.2, 0.25) is 5.91 Å². The molecule has 11 heteroatoms. The van der Waals surface area contributed by atoms with Gasteiger partial charge in [0.25, 0.3) is 0 Å². The van der Waals surface area contributed by atoms with Gasteiger partial charge in [0.05, 0.1) is 11.1 Å². The smallest absolute Gasteiger partial charge is 0.242 e. The van der Waals surface area contributed by atoms with Crippen LogP contribution in [0.4, 0.5) is 10.1 Å². The minimum absolute atomic E-state index is 0.0663. The zero-order chi connectivity index (χ0) is 22.4. The van der Waals surface area contributed by atoms with Gasteiger partial charge in [0.15, 0.2) is 11.2 Å². The van der Waals surface area contributed by atoms with Gasteiger partial charge >= 0.3 is 0 Å². The van der Waals surface area contributed by atoms with E-state index in [4.69, 9.17) is 11.6 Å². The van der Waals surface area contributed by atoms with Crippen molar-refractivity contribution in [3.05, 3.63) is 45.6 Å². The SMILES string of the molecule is CCN(CC)CCCN1C(C(=O)Nc2ccc(F)c(Cl)c2)CC(c2nccs2)NS1=O. The zero-order valence-corrected chi connectivity index (χ0v) is 19.9. The van der Waals surface area contributed by atoms with Crippen molar-refractivity contribution >= 4 is 45.7 Å². The molecule has 0 saturated carbocycles. The van der Waals surface area contributed by atoms with Crippen LogP contribution in [0.2, 0.25) is 5.02 Å². The molecule has 2 heterocycles. The lowest BCUT2D eigenvalue weighted by molar-refractivity contribution is -0.120. The fraction of sp³-hybridized carbons (Fsp3) is 0.500. The van der Waals surface area contributed by atoms with Crippen molar-refractivity contribution in [3.8, 4) is 0 Å². The second-order valence-corrected chi connectivity index (χ2v) is 9.72. The maximum Gasteiger partial charge on any atom is 0.242 e. The van der Waals surface area contributed by atoms with Crippen LogP contribution in [0.15, 0.2) is 29.8 Å². The minimum atomic E-state index is -1.54. The Labute approximate surface area is 193 Å². The number of halogens is 2. The van der Waals surface area contributed by atoms with E-state index in [9.17, 15) is 13.4 Å². The summed E-state index contributed by atoms with van der Waals surface area (Å²) in [4.78, 5) is 19.8. The van der Waals surface area contributed by atoms with Gasteiger partial charge in [-0.15, -0.1) is 11.3 Å².